The Labute approximate surface area is 228 Å². The molecule has 38 heavy (non-hydrogen) atoms. The molecule has 8 heteroatoms. The molecule has 0 aromatic heterocycles. The first-order valence-electron chi connectivity index (χ1n) is 14.3. The van der Waals surface area contributed by atoms with Crippen LogP contribution >= 0.6 is 0 Å². The van der Waals surface area contributed by atoms with Gasteiger partial charge in [-0.1, -0.05) is 71.4 Å². The number of carbonyl (C=O) groups is 3. The van der Waals surface area contributed by atoms with Gasteiger partial charge in [0.25, 0.3) is 0 Å². The molecular weight excluding hydrogens is 482 g/mol. The highest BCUT2D eigenvalue weighted by atomic mass is 16.6. The second kappa shape index (κ2) is 15.0. The molecule has 0 spiro atoms. The standard InChI is InChI=1S/C30H49N3O5/c1-7-8-9-13-19-33(28(36)25(21(2)3)32-29(37)38-30(4,5)6)26(22-15-14-18-24(34)20-22)27(35)31-23-16-11-10-12-17-23/h14-15,18,20-21,23,25-26,34H,7-13,16-17,19H2,1-6H3,(H,31,35)(H,32,37). The minimum Gasteiger partial charge on any atom is -0.508 e. The molecule has 2 atom stereocenters. The van der Waals surface area contributed by atoms with Crippen molar-refractivity contribution in [3.63, 3.8) is 0 Å². The highest BCUT2D eigenvalue weighted by molar-refractivity contribution is 5.92. The van der Waals surface area contributed by atoms with E-state index in [1.807, 2.05) is 13.8 Å². The first kappa shape index (κ1) is 31.4. The fourth-order valence-corrected chi connectivity index (χ4v) is 4.90. The number of phenolic OH excluding ortho intramolecular Hbond substituents is 1. The summed E-state index contributed by atoms with van der Waals surface area (Å²) in [5.74, 6) is -0.802. The van der Waals surface area contributed by atoms with Crippen LogP contribution in [0.25, 0.3) is 0 Å². The van der Waals surface area contributed by atoms with Gasteiger partial charge in [0.1, 0.15) is 23.4 Å². The van der Waals surface area contributed by atoms with Gasteiger partial charge < -0.3 is 25.4 Å². The Hall–Kier alpha value is -2.77. The number of nitrogens with zero attached hydrogens (tertiary/aromatic N) is 1. The summed E-state index contributed by atoms with van der Waals surface area (Å²) in [6.45, 7) is 11.5. The van der Waals surface area contributed by atoms with Crippen molar-refractivity contribution >= 4 is 17.9 Å². The average molecular weight is 532 g/mol. The predicted molar refractivity (Wildman–Crippen MR) is 150 cm³/mol. The predicted octanol–water partition coefficient (Wildman–Crippen LogP) is 5.84. The first-order valence-corrected chi connectivity index (χ1v) is 14.3. The molecule has 2 unspecified atom stereocenters. The number of benzene rings is 1. The van der Waals surface area contributed by atoms with Gasteiger partial charge in [0, 0.05) is 12.6 Å². The second-order valence-electron chi connectivity index (χ2n) is 11.8. The number of rotatable bonds is 12. The van der Waals surface area contributed by atoms with E-state index in [0.29, 0.717) is 12.1 Å². The third-order valence-electron chi connectivity index (χ3n) is 6.84. The lowest BCUT2D eigenvalue weighted by Crippen LogP contribution is -2.55. The van der Waals surface area contributed by atoms with E-state index in [4.69, 9.17) is 4.74 Å². The minimum atomic E-state index is -0.931. The van der Waals surface area contributed by atoms with E-state index >= 15 is 0 Å². The van der Waals surface area contributed by atoms with Crippen LogP contribution < -0.4 is 10.6 Å². The van der Waals surface area contributed by atoms with Gasteiger partial charge in [-0.15, -0.1) is 0 Å². The van der Waals surface area contributed by atoms with Gasteiger partial charge in [-0.3, -0.25) is 9.59 Å². The summed E-state index contributed by atoms with van der Waals surface area (Å²) >= 11 is 0. The van der Waals surface area contributed by atoms with E-state index in [1.165, 1.54) is 0 Å². The lowest BCUT2D eigenvalue weighted by atomic mass is 9.94. The van der Waals surface area contributed by atoms with E-state index in [-0.39, 0.29) is 29.5 Å². The Morgan fingerprint density at radius 1 is 1.08 bits per heavy atom. The molecule has 1 saturated carbocycles. The van der Waals surface area contributed by atoms with Gasteiger partial charge in [-0.25, -0.2) is 4.79 Å². The number of carbonyl (C=O) groups excluding carboxylic acids is 3. The molecule has 1 fully saturated rings. The maximum atomic E-state index is 14.2. The molecule has 0 heterocycles. The fourth-order valence-electron chi connectivity index (χ4n) is 4.90. The Kier molecular flexibility index (Phi) is 12.4. The zero-order valence-corrected chi connectivity index (χ0v) is 24.2. The average Bonchev–Trinajstić information content (AvgIpc) is 2.83. The van der Waals surface area contributed by atoms with Crippen LogP contribution in [0.2, 0.25) is 0 Å². The van der Waals surface area contributed by atoms with Crippen molar-refractivity contribution in [3.05, 3.63) is 29.8 Å². The molecule has 1 aliphatic rings. The largest absolute Gasteiger partial charge is 0.508 e. The third-order valence-corrected chi connectivity index (χ3v) is 6.84. The monoisotopic (exact) mass is 531 g/mol. The van der Waals surface area contributed by atoms with Crippen molar-refractivity contribution in [1.82, 2.24) is 15.5 Å². The molecule has 3 N–H and O–H groups in total. The lowest BCUT2D eigenvalue weighted by molar-refractivity contribution is -0.143. The number of aromatic hydroxyl groups is 1. The normalized spacial score (nSPS) is 16.0. The van der Waals surface area contributed by atoms with Crippen molar-refractivity contribution < 1.29 is 24.2 Å². The van der Waals surface area contributed by atoms with Gasteiger partial charge >= 0.3 is 6.09 Å². The van der Waals surface area contributed by atoms with Crippen molar-refractivity contribution in [3.8, 4) is 5.75 Å². The molecule has 1 aliphatic carbocycles. The Balaban J connectivity index is 2.44. The summed E-state index contributed by atoms with van der Waals surface area (Å²) in [6.07, 6.45) is 8.17. The molecule has 0 saturated heterocycles. The van der Waals surface area contributed by atoms with Crippen LogP contribution in [0.3, 0.4) is 0 Å². The molecule has 1 aromatic carbocycles. The molecule has 0 aliphatic heterocycles. The van der Waals surface area contributed by atoms with E-state index in [1.54, 1.807) is 49.9 Å². The van der Waals surface area contributed by atoms with Crippen molar-refractivity contribution in [2.75, 3.05) is 6.54 Å². The summed E-state index contributed by atoms with van der Waals surface area (Å²) in [4.78, 5) is 42.3. The van der Waals surface area contributed by atoms with E-state index in [2.05, 4.69) is 17.6 Å². The molecule has 1 aromatic rings. The number of ether oxygens (including phenoxy) is 1. The van der Waals surface area contributed by atoms with Gasteiger partial charge in [0.2, 0.25) is 11.8 Å². The quantitative estimate of drug-likeness (QED) is 0.294. The molecule has 8 nitrogen and oxygen atoms in total. The number of amides is 3. The number of alkyl carbamates (subject to hydrolysis) is 1. The maximum absolute atomic E-state index is 14.2. The summed E-state index contributed by atoms with van der Waals surface area (Å²) in [6, 6.07) is 4.80. The zero-order chi connectivity index (χ0) is 28.3. The summed E-state index contributed by atoms with van der Waals surface area (Å²) in [5.41, 5.74) is -0.166. The Morgan fingerprint density at radius 2 is 1.76 bits per heavy atom. The zero-order valence-electron chi connectivity index (χ0n) is 24.2. The highest BCUT2D eigenvalue weighted by Crippen LogP contribution is 2.28. The maximum Gasteiger partial charge on any atom is 0.408 e. The second-order valence-corrected chi connectivity index (χ2v) is 11.8. The highest BCUT2D eigenvalue weighted by Gasteiger charge is 2.38. The first-order chi connectivity index (χ1) is 17.9. The topological polar surface area (TPSA) is 108 Å². The van der Waals surface area contributed by atoms with Crippen molar-refractivity contribution in [2.45, 2.75) is 123 Å². The van der Waals surface area contributed by atoms with Crippen LogP contribution in [0.5, 0.6) is 5.75 Å². The fraction of sp³-hybridized carbons (Fsp3) is 0.700. The van der Waals surface area contributed by atoms with Gasteiger partial charge in [-0.05, 0) is 63.6 Å². The summed E-state index contributed by atoms with van der Waals surface area (Å²) in [7, 11) is 0. The van der Waals surface area contributed by atoms with Crippen LogP contribution in [0.15, 0.2) is 24.3 Å². The number of hydrogen-bond acceptors (Lipinski definition) is 5. The number of phenols is 1. The number of unbranched alkanes of at least 4 members (excludes halogenated alkanes) is 3. The van der Waals surface area contributed by atoms with Crippen LogP contribution in [-0.2, 0) is 14.3 Å². The van der Waals surface area contributed by atoms with Crippen molar-refractivity contribution in [1.29, 1.82) is 0 Å². The lowest BCUT2D eigenvalue weighted by Gasteiger charge is -2.36. The smallest absolute Gasteiger partial charge is 0.408 e. The SMILES string of the molecule is CCCCCCN(C(=O)C(NC(=O)OC(C)(C)C)C(C)C)C(C(=O)NC1CCCCC1)c1cccc(O)c1. The molecule has 3 amide bonds. The molecule has 2 rings (SSSR count). The van der Waals surface area contributed by atoms with Crippen molar-refractivity contribution in [2.24, 2.45) is 5.92 Å². The number of nitrogens with one attached hydrogen (secondary N) is 2. The van der Waals surface area contributed by atoms with Gasteiger partial charge in [-0.2, -0.15) is 0 Å². The van der Waals surface area contributed by atoms with Gasteiger partial charge in [0.05, 0.1) is 0 Å². The Bertz CT molecular complexity index is 905. The van der Waals surface area contributed by atoms with E-state index in [0.717, 1.165) is 57.8 Å². The van der Waals surface area contributed by atoms with Crippen LogP contribution in [-0.4, -0.2) is 52.1 Å². The molecule has 0 bridgehead atoms. The molecular formula is C30H49N3O5. The third kappa shape index (κ3) is 10.2. The minimum absolute atomic E-state index is 0.0311. The van der Waals surface area contributed by atoms with Gasteiger partial charge in [0.15, 0.2) is 0 Å². The van der Waals surface area contributed by atoms with Crippen LogP contribution in [0.1, 0.15) is 111 Å². The van der Waals surface area contributed by atoms with E-state index < -0.39 is 23.8 Å². The molecule has 0 radical (unpaired) electrons. The van der Waals surface area contributed by atoms with Crippen LogP contribution in [0.4, 0.5) is 4.79 Å². The van der Waals surface area contributed by atoms with E-state index in [9.17, 15) is 19.5 Å². The summed E-state index contributed by atoms with van der Waals surface area (Å²) < 4.78 is 5.44. The number of hydrogen-bond donors (Lipinski definition) is 3. The molecule has 214 valence electrons. The van der Waals surface area contributed by atoms with Crippen LogP contribution in [0, 0.1) is 5.92 Å². The Morgan fingerprint density at radius 3 is 2.34 bits per heavy atom. The summed E-state index contributed by atoms with van der Waals surface area (Å²) in [5, 5.41) is 16.2.